The van der Waals surface area contributed by atoms with Gasteiger partial charge in [-0.25, -0.2) is 0 Å². The fourth-order valence-corrected chi connectivity index (χ4v) is 2.22. The maximum atomic E-state index is 10.6. The van der Waals surface area contributed by atoms with Crippen molar-refractivity contribution in [2.75, 3.05) is 26.4 Å². The normalized spacial score (nSPS) is 12.5. The van der Waals surface area contributed by atoms with Gasteiger partial charge < -0.3 is 19.7 Å². The number of phenols is 1. The van der Waals surface area contributed by atoms with E-state index in [1.165, 1.54) is 0 Å². The SMILES string of the molecule is CC(C)(C)c1cc(OCCOCCO)cc(C(C)(C)C)c1O. The summed E-state index contributed by atoms with van der Waals surface area (Å²) in [7, 11) is 0. The van der Waals surface area contributed by atoms with Crippen LogP contribution < -0.4 is 4.74 Å². The summed E-state index contributed by atoms with van der Waals surface area (Å²) >= 11 is 0. The van der Waals surface area contributed by atoms with Crippen LogP contribution >= 0.6 is 0 Å². The summed E-state index contributed by atoms with van der Waals surface area (Å²) in [5.41, 5.74) is 1.42. The van der Waals surface area contributed by atoms with Crippen LogP contribution in [-0.2, 0) is 15.6 Å². The van der Waals surface area contributed by atoms with Crippen LogP contribution in [0.2, 0.25) is 0 Å². The van der Waals surface area contributed by atoms with Crippen LogP contribution in [0.1, 0.15) is 52.7 Å². The van der Waals surface area contributed by atoms with Crippen LogP contribution in [-0.4, -0.2) is 36.6 Å². The van der Waals surface area contributed by atoms with Gasteiger partial charge in [-0.05, 0) is 23.0 Å². The second kappa shape index (κ2) is 7.34. The lowest BCUT2D eigenvalue weighted by atomic mass is 9.79. The van der Waals surface area contributed by atoms with Crippen LogP contribution in [0.4, 0.5) is 0 Å². The minimum atomic E-state index is -0.170. The number of aromatic hydroxyl groups is 1. The van der Waals surface area contributed by atoms with Crippen LogP contribution in [0, 0.1) is 0 Å². The van der Waals surface area contributed by atoms with Crippen LogP contribution in [0.25, 0.3) is 0 Å². The standard InChI is InChI=1S/C18H30O4/c1-17(2,3)14-11-13(22-10-9-21-8-7-19)12-15(16(14)20)18(4,5)6/h11-12,19-20H,7-10H2,1-6H3. The average Bonchev–Trinajstić information content (AvgIpc) is 2.37. The first-order chi connectivity index (χ1) is 10.1. The third-order valence-corrected chi connectivity index (χ3v) is 3.43. The Morgan fingerprint density at radius 2 is 1.36 bits per heavy atom. The molecule has 2 N–H and O–H groups in total. The molecular formula is C18H30O4. The number of hydrogen-bond donors (Lipinski definition) is 2. The van der Waals surface area contributed by atoms with Gasteiger partial charge in [0.2, 0.25) is 0 Å². The van der Waals surface area contributed by atoms with Gasteiger partial charge in [0.25, 0.3) is 0 Å². The highest BCUT2D eigenvalue weighted by molar-refractivity contribution is 5.51. The second-order valence-electron chi connectivity index (χ2n) is 7.55. The van der Waals surface area contributed by atoms with Gasteiger partial charge >= 0.3 is 0 Å². The van der Waals surface area contributed by atoms with Crippen molar-refractivity contribution < 1.29 is 19.7 Å². The van der Waals surface area contributed by atoms with Gasteiger partial charge in [-0.15, -0.1) is 0 Å². The van der Waals surface area contributed by atoms with Gasteiger partial charge in [0.05, 0.1) is 19.8 Å². The average molecular weight is 310 g/mol. The maximum Gasteiger partial charge on any atom is 0.123 e. The Bertz CT molecular complexity index is 446. The van der Waals surface area contributed by atoms with Crippen molar-refractivity contribution >= 4 is 0 Å². The van der Waals surface area contributed by atoms with Crippen molar-refractivity contribution in [1.29, 1.82) is 0 Å². The predicted molar refractivity (Wildman–Crippen MR) is 88.9 cm³/mol. The molecule has 0 saturated heterocycles. The van der Waals surface area contributed by atoms with E-state index in [-0.39, 0.29) is 17.4 Å². The monoisotopic (exact) mass is 310 g/mol. The third-order valence-electron chi connectivity index (χ3n) is 3.43. The Morgan fingerprint density at radius 3 is 1.77 bits per heavy atom. The van der Waals surface area contributed by atoms with Crippen molar-refractivity contribution in [1.82, 2.24) is 0 Å². The zero-order chi connectivity index (χ0) is 17.0. The van der Waals surface area contributed by atoms with Crippen molar-refractivity contribution in [3.63, 3.8) is 0 Å². The number of phenolic OH excluding ortho intramolecular Hbond substituents is 1. The van der Waals surface area contributed by atoms with E-state index < -0.39 is 0 Å². The smallest absolute Gasteiger partial charge is 0.123 e. The van der Waals surface area contributed by atoms with E-state index in [1.807, 2.05) is 12.1 Å². The molecule has 1 rings (SSSR count). The molecule has 126 valence electrons. The van der Waals surface area contributed by atoms with Crippen LogP contribution in [0.3, 0.4) is 0 Å². The first-order valence-corrected chi connectivity index (χ1v) is 7.76. The molecule has 0 aliphatic heterocycles. The summed E-state index contributed by atoms with van der Waals surface area (Å²) in [5, 5.41) is 19.3. The summed E-state index contributed by atoms with van der Waals surface area (Å²) < 4.78 is 11.0. The van der Waals surface area contributed by atoms with E-state index in [9.17, 15) is 5.11 Å². The van der Waals surface area contributed by atoms with Crippen molar-refractivity contribution in [3.8, 4) is 11.5 Å². The van der Waals surface area contributed by atoms with Crippen molar-refractivity contribution in [2.45, 2.75) is 52.4 Å². The van der Waals surface area contributed by atoms with Crippen molar-refractivity contribution in [2.24, 2.45) is 0 Å². The summed E-state index contributed by atoms with van der Waals surface area (Å²) in [6, 6.07) is 3.80. The lowest BCUT2D eigenvalue weighted by Crippen LogP contribution is -2.18. The van der Waals surface area contributed by atoms with Gasteiger partial charge in [0.15, 0.2) is 0 Å². The Hall–Kier alpha value is -1.26. The number of aliphatic hydroxyl groups is 1. The molecule has 0 aromatic heterocycles. The van der Waals surface area contributed by atoms with Gasteiger partial charge in [-0.2, -0.15) is 0 Å². The highest BCUT2D eigenvalue weighted by Gasteiger charge is 2.26. The molecule has 1 aromatic rings. The first-order valence-electron chi connectivity index (χ1n) is 7.76. The molecular weight excluding hydrogens is 280 g/mol. The third kappa shape index (κ3) is 5.18. The number of rotatable bonds is 6. The van der Waals surface area contributed by atoms with E-state index in [0.29, 0.717) is 25.6 Å². The van der Waals surface area contributed by atoms with Gasteiger partial charge in [0, 0.05) is 11.1 Å². The molecule has 0 bridgehead atoms. The second-order valence-corrected chi connectivity index (χ2v) is 7.55. The maximum absolute atomic E-state index is 10.6. The van der Waals surface area contributed by atoms with Gasteiger partial charge in [0.1, 0.15) is 18.1 Å². The Balaban J connectivity index is 3.03. The molecule has 0 saturated carbocycles. The quantitative estimate of drug-likeness (QED) is 0.791. The molecule has 4 nitrogen and oxygen atoms in total. The Morgan fingerprint density at radius 1 is 0.864 bits per heavy atom. The topological polar surface area (TPSA) is 58.9 Å². The summed E-state index contributed by atoms with van der Waals surface area (Å²) in [5.74, 6) is 1.09. The van der Waals surface area contributed by atoms with Gasteiger partial charge in [-0.3, -0.25) is 0 Å². The largest absolute Gasteiger partial charge is 0.507 e. The van der Waals surface area contributed by atoms with Crippen LogP contribution in [0.5, 0.6) is 11.5 Å². The Kier molecular flexibility index (Phi) is 6.27. The fraction of sp³-hybridized carbons (Fsp3) is 0.667. The lowest BCUT2D eigenvalue weighted by molar-refractivity contribution is 0.0704. The number of hydrogen-bond acceptors (Lipinski definition) is 4. The van der Waals surface area contributed by atoms with E-state index >= 15 is 0 Å². The highest BCUT2D eigenvalue weighted by atomic mass is 16.5. The summed E-state index contributed by atoms with van der Waals surface area (Å²) in [6.45, 7) is 13.6. The van der Waals surface area contributed by atoms with E-state index in [2.05, 4.69) is 41.5 Å². The molecule has 0 fully saturated rings. The molecule has 4 heteroatoms. The predicted octanol–water partition coefficient (Wildman–Crippen LogP) is 3.37. The molecule has 1 aromatic carbocycles. The van der Waals surface area contributed by atoms with E-state index in [1.54, 1.807) is 0 Å². The van der Waals surface area contributed by atoms with Gasteiger partial charge in [-0.1, -0.05) is 41.5 Å². The zero-order valence-electron chi connectivity index (χ0n) is 14.7. The first kappa shape index (κ1) is 18.8. The van der Waals surface area contributed by atoms with Crippen molar-refractivity contribution in [3.05, 3.63) is 23.3 Å². The number of benzene rings is 1. The highest BCUT2D eigenvalue weighted by Crippen LogP contribution is 2.41. The molecule has 0 amide bonds. The zero-order valence-corrected chi connectivity index (χ0v) is 14.7. The summed E-state index contributed by atoms with van der Waals surface area (Å²) in [4.78, 5) is 0. The fourth-order valence-electron chi connectivity index (χ4n) is 2.22. The molecule has 0 unspecified atom stereocenters. The molecule has 0 radical (unpaired) electrons. The van der Waals surface area contributed by atoms with Crippen LogP contribution in [0.15, 0.2) is 12.1 Å². The molecule has 0 spiro atoms. The molecule has 0 heterocycles. The minimum absolute atomic E-state index is 0.0154. The van der Waals surface area contributed by atoms with E-state index in [4.69, 9.17) is 14.6 Å². The number of aliphatic hydroxyl groups excluding tert-OH is 1. The molecule has 0 aliphatic carbocycles. The minimum Gasteiger partial charge on any atom is -0.507 e. The Labute approximate surface area is 134 Å². The van der Waals surface area contributed by atoms with E-state index in [0.717, 1.165) is 16.9 Å². The lowest BCUT2D eigenvalue weighted by Gasteiger charge is -2.28. The summed E-state index contributed by atoms with van der Waals surface area (Å²) in [6.07, 6.45) is 0. The number of ether oxygens (including phenoxy) is 2. The molecule has 0 aliphatic rings. The molecule has 22 heavy (non-hydrogen) atoms. The molecule has 0 atom stereocenters.